The molecule has 6 N–H and O–H groups in total. The molecule has 33 heavy (non-hydrogen) atoms. The molecule has 0 aromatic carbocycles. The summed E-state index contributed by atoms with van der Waals surface area (Å²) in [6.07, 6.45) is -0.366. The van der Waals surface area contributed by atoms with Gasteiger partial charge in [-0.2, -0.15) is 0 Å². The molecule has 0 aliphatic heterocycles. The van der Waals surface area contributed by atoms with Crippen LogP contribution >= 0.6 is 0 Å². The van der Waals surface area contributed by atoms with Gasteiger partial charge in [0.25, 0.3) is 0 Å². The highest BCUT2D eigenvalue weighted by atomic mass is 16.4. The van der Waals surface area contributed by atoms with Gasteiger partial charge in [0, 0.05) is 30.4 Å². The molecule has 184 valence electrons. The van der Waals surface area contributed by atoms with Crippen molar-refractivity contribution in [3.05, 3.63) is 11.6 Å². The molecular weight excluding hydrogens is 438 g/mol. The van der Waals surface area contributed by atoms with Gasteiger partial charge in [0.15, 0.2) is 0 Å². The molecule has 2 rings (SSSR count). The quantitative estimate of drug-likeness (QED) is 0.200. The lowest BCUT2D eigenvalue weighted by molar-refractivity contribution is -0.308. The maximum Gasteiger partial charge on any atom is 0.247 e. The lowest BCUT2D eigenvalue weighted by atomic mass is 9.79. The van der Waals surface area contributed by atoms with E-state index in [9.17, 15) is 44.4 Å². The summed E-state index contributed by atoms with van der Waals surface area (Å²) in [5.41, 5.74) is 4.41. The topological polar surface area (TPSA) is 222 Å². The number of carboxylic acid groups (broad SMARTS) is 2. The zero-order valence-electron chi connectivity index (χ0n) is 18.1. The van der Waals surface area contributed by atoms with Gasteiger partial charge < -0.3 is 46.4 Å². The molecule has 1 saturated carbocycles. The third-order valence-corrected chi connectivity index (χ3v) is 6.20. The smallest absolute Gasteiger partial charge is 0.247 e. The van der Waals surface area contributed by atoms with Gasteiger partial charge in [0.1, 0.15) is 12.1 Å². The summed E-state index contributed by atoms with van der Waals surface area (Å²) < 4.78 is 0. The average Bonchev–Trinajstić information content (AvgIpc) is 3.14. The Kier molecular flexibility index (Phi) is 8.94. The van der Waals surface area contributed by atoms with Gasteiger partial charge in [-0.25, -0.2) is 0 Å². The first-order valence-electron chi connectivity index (χ1n) is 10.8. The van der Waals surface area contributed by atoms with E-state index in [-0.39, 0.29) is 31.3 Å². The molecule has 0 heterocycles. The molecule has 2 aliphatic carbocycles. The number of carbonyl (C=O) groups is 5. The summed E-state index contributed by atoms with van der Waals surface area (Å²) >= 11 is 0. The van der Waals surface area contributed by atoms with Crippen molar-refractivity contribution in [2.45, 2.75) is 82.1 Å². The first-order chi connectivity index (χ1) is 15.4. The van der Waals surface area contributed by atoms with E-state index in [1.165, 1.54) is 6.08 Å². The SMILES string of the molecule is NC(=O)[C@H](CCC(=O)[O-])NC(=O)C1=C[C@@H](NC(=O)CC2(CC(=O)[O-])CCCC2)[C@@H](O)[C@H](O)C1. The van der Waals surface area contributed by atoms with Crippen molar-refractivity contribution in [2.75, 3.05) is 0 Å². The number of nitrogens with one attached hydrogen (secondary N) is 2. The van der Waals surface area contributed by atoms with Crippen molar-refractivity contribution in [2.24, 2.45) is 11.1 Å². The molecule has 1 fully saturated rings. The Morgan fingerprint density at radius 2 is 1.73 bits per heavy atom. The summed E-state index contributed by atoms with van der Waals surface area (Å²) in [5, 5.41) is 47.0. The highest BCUT2D eigenvalue weighted by Gasteiger charge is 2.38. The highest BCUT2D eigenvalue weighted by Crippen LogP contribution is 2.43. The van der Waals surface area contributed by atoms with Crippen LogP contribution in [0.15, 0.2) is 11.6 Å². The van der Waals surface area contributed by atoms with Crippen molar-refractivity contribution in [3.63, 3.8) is 0 Å². The fraction of sp³-hybridized carbons (Fsp3) is 0.667. The Bertz CT molecular complexity index is 820. The molecule has 4 atom stereocenters. The van der Waals surface area contributed by atoms with E-state index in [1.807, 2.05) is 0 Å². The Hall–Kier alpha value is -2.99. The second kappa shape index (κ2) is 11.2. The lowest BCUT2D eigenvalue weighted by Gasteiger charge is -2.33. The number of aliphatic carboxylic acids is 2. The van der Waals surface area contributed by atoms with Gasteiger partial charge in [0.05, 0.1) is 12.1 Å². The monoisotopic (exact) mass is 467 g/mol. The fourth-order valence-electron chi connectivity index (χ4n) is 4.49. The standard InChI is InChI=1S/C21H31N3O9/c22-19(32)12(3-4-16(27)28)24-20(33)11-7-13(18(31)14(25)8-11)23-15(26)9-21(10-17(29)30)5-1-2-6-21/h7,12-14,18,25,31H,1-6,8-10H2,(H2,22,32)(H,23,26)(H,24,33)(H,27,28)(H,29,30)/p-2/t12-,13+,14+,18+/m0/s1. The van der Waals surface area contributed by atoms with Gasteiger partial charge in [-0.1, -0.05) is 18.9 Å². The number of nitrogens with two attached hydrogens (primary N) is 1. The van der Waals surface area contributed by atoms with E-state index in [2.05, 4.69) is 10.6 Å². The minimum Gasteiger partial charge on any atom is -0.550 e. The van der Waals surface area contributed by atoms with Crippen LogP contribution in [-0.4, -0.2) is 64.2 Å². The second-order valence-corrected chi connectivity index (χ2v) is 8.82. The van der Waals surface area contributed by atoms with Crippen LogP contribution in [0.4, 0.5) is 0 Å². The van der Waals surface area contributed by atoms with Crippen LogP contribution in [0.25, 0.3) is 0 Å². The zero-order chi connectivity index (χ0) is 24.8. The van der Waals surface area contributed by atoms with Crippen LogP contribution < -0.4 is 26.6 Å². The van der Waals surface area contributed by atoms with Gasteiger partial charge >= 0.3 is 0 Å². The Labute approximate surface area is 190 Å². The van der Waals surface area contributed by atoms with Crippen LogP contribution in [0.5, 0.6) is 0 Å². The number of hydrogen-bond acceptors (Lipinski definition) is 9. The average molecular weight is 467 g/mol. The molecule has 0 radical (unpaired) electrons. The predicted molar refractivity (Wildman–Crippen MR) is 107 cm³/mol. The van der Waals surface area contributed by atoms with Crippen LogP contribution in [0.1, 0.15) is 57.8 Å². The van der Waals surface area contributed by atoms with Crippen molar-refractivity contribution >= 4 is 29.7 Å². The molecule has 0 aromatic heterocycles. The molecular formula is C21H29N3O9-2. The molecule has 0 spiro atoms. The van der Waals surface area contributed by atoms with Gasteiger partial charge in [0.2, 0.25) is 17.7 Å². The van der Waals surface area contributed by atoms with Crippen LogP contribution in [0.3, 0.4) is 0 Å². The summed E-state index contributed by atoms with van der Waals surface area (Å²) in [7, 11) is 0. The Balaban J connectivity index is 2.09. The van der Waals surface area contributed by atoms with E-state index < -0.39 is 65.8 Å². The number of carbonyl (C=O) groups excluding carboxylic acids is 5. The minimum absolute atomic E-state index is 0.0388. The van der Waals surface area contributed by atoms with Crippen LogP contribution in [0, 0.1) is 5.41 Å². The number of primary amides is 1. The van der Waals surface area contributed by atoms with Crippen molar-refractivity contribution < 1.29 is 44.4 Å². The van der Waals surface area contributed by atoms with E-state index in [1.54, 1.807) is 0 Å². The third kappa shape index (κ3) is 7.53. The fourth-order valence-corrected chi connectivity index (χ4v) is 4.49. The van der Waals surface area contributed by atoms with Crippen molar-refractivity contribution in [1.29, 1.82) is 0 Å². The van der Waals surface area contributed by atoms with Gasteiger partial charge in [-0.3, -0.25) is 14.4 Å². The molecule has 2 aliphatic rings. The molecule has 0 saturated heterocycles. The number of amides is 3. The summed E-state index contributed by atoms with van der Waals surface area (Å²) in [6.45, 7) is 0. The molecule has 12 nitrogen and oxygen atoms in total. The van der Waals surface area contributed by atoms with Crippen LogP contribution in [-0.2, 0) is 24.0 Å². The Morgan fingerprint density at radius 1 is 1.09 bits per heavy atom. The third-order valence-electron chi connectivity index (χ3n) is 6.20. The Morgan fingerprint density at radius 3 is 2.27 bits per heavy atom. The molecule has 12 heteroatoms. The largest absolute Gasteiger partial charge is 0.550 e. The first-order valence-corrected chi connectivity index (χ1v) is 10.8. The number of rotatable bonds is 11. The zero-order valence-corrected chi connectivity index (χ0v) is 18.1. The number of aliphatic hydroxyl groups excluding tert-OH is 2. The number of carboxylic acids is 2. The first kappa shape index (κ1) is 26.3. The summed E-state index contributed by atoms with van der Waals surface area (Å²) in [6, 6.07) is -2.43. The lowest BCUT2D eigenvalue weighted by Crippen LogP contribution is -2.52. The van der Waals surface area contributed by atoms with Crippen molar-refractivity contribution in [3.8, 4) is 0 Å². The van der Waals surface area contributed by atoms with Gasteiger partial charge in [-0.05, 0) is 37.5 Å². The highest BCUT2D eigenvalue weighted by molar-refractivity contribution is 5.97. The van der Waals surface area contributed by atoms with E-state index >= 15 is 0 Å². The van der Waals surface area contributed by atoms with Crippen molar-refractivity contribution in [1.82, 2.24) is 10.6 Å². The number of hydrogen-bond donors (Lipinski definition) is 5. The molecule has 0 unspecified atom stereocenters. The van der Waals surface area contributed by atoms with E-state index in [4.69, 9.17) is 5.73 Å². The number of aliphatic hydroxyl groups is 2. The summed E-state index contributed by atoms with van der Waals surface area (Å²) in [4.78, 5) is 58.4. The molecule has 0 bridgehead atoms. The van der Waals surface area contributed by atoms with E-state index in [0.29, 0.717) is 12.8 Å². The minimum atomic E-state index is -1.42. The predicted octanol–water partition coefficient (Wildman–Crippen LogP) is -3.89. The molecule has 3 amide bonds. The van der Waals surface area contributed by atoms with Gasteiger partial charge in [-0.15, -0.1) is 0 Å². The van der Waals surface area contributed by atoms with Crippen LogP contribution in [0.2, 0.25) is 0 Å². The molecule has 0 aromatic rings. The maximum absolute atomic E-state index is 12.6. The normalized spacial score (nSPS) is 24.9. The second-order valence-electron chi connectivity index (χ2n) is 8.82. The summed E-state index contributed by atoms with van der Waals surface area (Å²) in [5.74, 6) is -4.99. The maximum atomic E-state index is 12.6. The van der Waals surface area contributed by atoms with E-state index in [0.717, 1.165) is 12.8 Å².